The molecular formula is C27H25N3O3. The number of hydrogen-bond acceptors (Lipinski definition) is 4. The first-order valence-corrected chi connectivity index (χ1v) is 10.8. The van der Waals surface area contributed by atoms with Crippen molar-refractivity contribution >= 4 is 35.0 Å². The molecule has 1 heterocycles. The Bertz CT molecular complexity index is 1200. The molecule has 1 aliphatic rings. The average Bonchev–Trinajstić information content (AvgIpc) is 2.83. The van der Waals surface area contributed by atoms with Crippen molar-refractivity contribution in [3.05, 3.63) is 101 Å². The first kappa shape index (κ1) is 22.0. The van der Waals surface area contributed by atoms with E-state index < -0.39 is 17.6 Å². The number of aliphatic carboxylic acids is 1. The molecule has 166 valence electrons. The number of para-hydroxylation sites is 1. The van der Waals surface area contributed by atoms with E-state index in [1.165, 1.54) is 11.6 Å². The van der Waals surface area contributed by atoms with Gasteiger partial charge in [0.25, 0.3) is 5.91 Å². The van der Waals surface area contributed by atoms with Crippen molar-refractivity contribution in [2.24, 2.45) is 0 Å². The van der Waals surface area contributed by atoms with Crippen LogP contribution in [0.15, 0.2) is 84.4 Å². The van der Waals surface area contributed by atoms with Crippen molar-refractivity contribution in [1.29, 1.82) is 5.41 Å². The first-order chi connectivity index (χ1) is 16.0. The summed E-state index contributed by atoms with van der Waals surface area (Å²) < 4.78 is 0. The van der Waals surface area contributed by atoms with Crippen molar-refractivity contribution in [1.82, 2.24) is 0 Å². The third-order valence-corrected chi connectivity index (χ3v) is 5.61. The lowest BCUT2D eigenvalue weighted by Gasteiger charge is -2.31. The molecule has 0 fully saturated rings. The number of hydrogen-bond donors (Lipinski definition) is 3. The van der Waals surface area contributed by atoms with Crippen molar-refractivity contribution in [3.8, 4) is 0 Å². The number of carboxylic acid groups (broad SMARTS) is 1. The molecule has 1 amide bonds. The highest BCUT2D eigenvalue weighted by Gasteiger charge is 2.22. The highest BCUT2D eigenvalue weighted by atomic mass is 16.4. The first-order valence-electron chi connectivity index (χ1n) is 10.8. The van der Waals surface area contributed by atoms with E-state index in [-0.39, 0.29) is 5.57 Å². The fourth-order valence-electron chi connectivity index (χ4n) is 4.01. The summed E-state index contributed by atoms with van der Waals surface area (Å²) in [4.78, 5) is 26.6. The number of anilines is 2. The highest BCUT2D eigenvalue weighted by molar-refractivity contribution is 6.50. The zero-order valence-corrected chi connectivity index (χ0v) is 18.1. The van der Waals surface area contributed by atoms with Gasteiger partial charge in [-0.1, -0.05) is 54.6 Å². The maximum absolute atomic E-state index is 12.8. The predicted molar refractivity (Wildman–Crippen MR) is 131 cm³/mol. The minimum Gasteiger partial charge on any atom is -0.477 e. The maximum atomic E-state index is 12.8. The van der Waals surface area contributed by atoms with E-state index in [4.69, 9.17) is 5.41 Å². The van der Waals surface area contributed by atoms with Gasteiger partial charge in [0, 0.05) is 24.5 Å². The summed E-state index contributed by atoms with van der Waals surface area (Å²) in [5, 5.41) is 20.0. The van der Waals surface area contributed by atoms with Gasteiger partial charge in [-0.15, -0.1) is 0 Å². The average molecular weight is 440 g/mol. The van der Waals surface area contributed by atoms with Gasteiger partial charge in [-0.2, -0.15) is 0 Å². The predicted octanol–water partition coefficient (Wildman–Crippen LogP) is 4.77. The summed E-state index contributed by atoms with van der Waals surface area (Å²) >= 11 is 0. The van der Waals surface area contributed by atoms with Crippen LogP contribution in [-0.4, -0.2) is 29.2 Å². The van der Waals surface area contributed by atoms with E-state index in [0.717, 1.165) is 37.2 Å². The third kappa shape index (κ3) is 5.36. The van der Waals surface area contributed by atoms with Crippen LogP contribution in [0.2, 0.25) is 0 Å². The van der Waals surface area contributed by atoms with E-state index in [9.17, 15) is 14.7 Å². The Balaban J connectivity index is 1.62. The number of carbonyl (C=O) groups excluding carboxylic acids is 1. The molecule has 6 nitrogen and oxygen atoms in total. The van der Waals surface area contributed by atoms with Gasteiger partial charge in [0.05, 0.1) is 5.57 Å². The number of benzene rings is 3. The molecule has 0 spiro atoms. The number of carboxylic acids is 1. The second-order valence-electron chi connectivity index (χ2n) is 7.96. The molecular weight excluding hydrogens is 414 g/mol. The Morgan fingerprint density at radius 1 is 1.00 bits per heavy atom. The van der Waals surface area contributed by atoms with Crippen LogP contribution in [0, 0.1) is 5.41 Å². The lowest BCUT2D eigenvalue weighted by molar-refractivity contribution is -0.129. The minimum atomic E-state index is -1.45. The largest absolute Gasteiger partial charge is 0.477 e. The van der Waals surface area contributed by atoms with E-state index >= 15 is 0 Å². The molecule has 0 saturated heterocycles. The van der Waals surface area contributed by atoms with Gasteiger partial charge in [0.1, 0.15) is 0 Å². The Labute approximate surface area is 192 Å². The van der Waals surface area contributed by atoms with E-state index in [1.54, 1.807) is 24.3 Å². The van der Waals surface area contributed by atoms with Crippen LogP contribution in [0.3, 0.4) is 0 Å². The molecule has 0 atom stereocenters. The summed E-state index contributed by atoms with van der Waals surface area (Å²) in [5.74, 6) is -2.08. The van der Waals surface area contributed by atoms with Crippen molar-refractivity contribution in [3.63, 3.8) is 0 Å². The van der Waals surface area contributed by atoms with Crippen molar-refractivity contribution in [2.75, 3.05) is 16.8 Å². The Morgan fingerprint density at radius 3 is 2.39 bits per heavy atom. The smallest absolute Gasteiger partial charge is 0.354 e. The lowest BCUT2D eigenvalue weighted by atomic mass is 9.97. The van der Waals surface area contributed by atoms with Crippen molar-refractivity contribution < 1.29 is 14.7 Å². The summed E-state index contributed by atoms with van der Waals surface area (Å²) in [7, 11) is 0. The van der Waals surface area contributed by atoms with Crippen LogP contribution < -0.4 is 10.2 Å². The molecule has 0 saturated carbocycles. The molecule has 3 aromatic rings. The van der Waals surface area contributed by atoms with E-state index in [0.29, 0.717) is 11.3 Å². The van der Waals surface area contributed by atoms with Gasteiger partial charge in [-0.3, -0.25) is 10.2 Å². The van der Waals surface area contributed by atoms with Crippen LogP contribution in [0.4, 0.5) is 11.4 Å². The molecule has 3 N–H and O–H groups in total. The van der Waals surface area contributed by atoms with Crippen LogP contribution in [0.5, 0.6) is 0 Å². The van der Waals surface area contributed by atoms with Gasteiger partial charge in [-0.25, -0.2) is 4.79 Å². The number of aryl methyl sites for hydroxylation is 1. The quantitative estimate of drug-likeness (QED) is 0.365. The molecule has 0 aromatic heterocycles. The van der Waals surface area contributed by atoms with Crippen molar-refractivity contribution in [2.45, 2.75) is 19.4 Å². The number of nitrogens with one attached hydrogen (secondary N) is 2. The molecule has 0 radical (unpaired) electrons. The van der Waals surface area contributed by atoms with Crippen LogP contribution in [0.1, 0.15) is 23.1 Å². The van der Waals surface area contributed by atoms with Crippen LogP contribution in [-0.2, 0) is 22.6 Å². The SMILES string of the molecule is N=C(C(=O)O)/C(=C/c1ccc2c(c1)CCCN2Cc1ccccc1)C(=O)Nc1ccccc1. The van der Waals surface area contributed by atoms with Gasteiger partial charge in [0.15, 0.2) is 5.71 Å². The molecule has 33 heavy (non-hydrogen) atoms. The number of nitrogens with zero attached hydrogens (tertiary/aromatic N) is 1. The fourth-order valence-corrected chi connectivity index (χ4v) is 4.01. The molecule has 0 aliphatic carbocycles. The molecule has 6 heteroatoms. The Morgan fingerprint density at radius 2 is 1.70 bits per heavy atom. The molecule has 4 rings (SSSR count). The van der Waals surface area contributed by atoms with Crippen LogP contribution in [0.25, 0.3) is 6.08 Å². The maximum Gasteiger partial charge on any atom is 0.354 e. The van der Waals surface area contributed by atoms with Gasteiger partial charge in [-0.05, 0) is 59.9 Å². The summed E-state index contributed by atoms with van der Waals surface area (Å²) in [6.45, 7) is 1.78. The second-order valence-corrected chi connectivity index (χ2v) is 7.96. The summed E-state index contributed by atoms with van der Waals surface area (Å²) in [5.41, 5.74) is 3.83. The zero-order valence-electron chi connectivity index (χ0n) is 18.1. The molecule has 3 aromatic carbocycles. The number of fused-ring (bicyclic) bond motifs is 1. The topological polar surface area (TPSA) is 93.5 Å². The monoisotopic (exact) mass is 439 g/mol. The highest BCUT2D eigenvalue weighted by Crippen LogP contribution is 2.30. The van der Waals surface area contributed by atoms with E-state index in [1.807, 2.05) is 42.5 Å². The van der Waals surface area contributed by atoms with Crippen LogP contribution >= 0.6 is 0 Å². The van der Waals surface area contributed by atoms with Gasteiger partial charge >= 0.3 is 5.97 Å². The molecule has 0 bridgehead atoms. The standard InChI is InChI=1S/C27H25N3O3/c28-25(27(32)33)23(26(31)29-22-11-5-2-6-12-22)17-20-13-14-24-21(16-20)10-7-15-30(24)18-19-8-3-1-4-9-19/h1-6,8-9,11-14,16-17,28H,7,10,15,18H2,(H,29,31)(H,32,33)/b23-17-,28-25?. The number of carbonyl (C=O) groups is 2. The Hall–Kier alpha value is -4.19. The summed E-state index contributed by atoms with van der Waals surface area (Å²) in [6, 6.07) is 24.9. The third-order valence-electron chi connectivity index (χ3n) is 5.61. The molecule has 0 unspecified atom stereocenters. The summed E-state index contributed by atoms with van der Waals surface area (Å²) in [6.07, 6.45) is 3.40. The number of rotatable bonds is 7. The second kappa shape index (κ2) is 9.96. The molecule has 1 aliphatic heterocycles. The van der Waals surface area contributed by atoms with Gasteiger partial charge < -0.3 is 15.3 Å². The Kier molecular flexibility index (Phi) is 6.64. The van der Waals surface area contributed by atoms with Gasteiger partial charge in [0.2, 0.25) is 0 Å². The number of amides is 1. The fraction of sp³-hybridized carbons (Fsp3) is 0.148. The normalized spacial score (nSPS) is 13.2. The van der Waals surface area contributed by atoms with E-state index in [2.05, 4.69) is 22.3 Å². The lowest BCUT2D eigenvalue weighted by Crippen LogP contribution is -2.28. The zero-order chi connectivity index (χ0) is 23.2. The minimum absolute atomic E-state index is 0.191.